The minimum Gasteiger partial charge on any atom is -0.318 e. The molecule has 8 nitrogen and oxygen atoms in total. The van der Waals surface area contributed by atoms with E-state index in [1.54, 1.807) is 12.1 Å². The zero-order valence-electron chi connectivity index (χ0n) is 14.3. The number of rotatable bonds is 3. The molecular weight excluding hydrogens is 360 g/mol. The fraction of sp³-hybridized carbons (Fsp3) is 0. The number of fused-ring (bicyclic) bond motifs is 2. The van der Waals surface area contributed by atoms with Gasteiger partial charge in [0.15, 0.2) is 0 Å². The zero-order valence-corrected chi connectivity index (χ0v) is 14.3. The van der Waals surface area contributed by atoms with E-state index >= 15 is 0 Å². The number of hydrazine groups is 1. The van der Waals surface area contributed by atoms with Gasteiger partial charge in [-0.1, -0.05) is 48.5 Å². The van der Waals surface area contributed by atoms with Crippen LogP contribution in [0.5, 0.6) is 0 Å². The predicted octanol–water partition coefficient (Wildman–Crippen LogP) is 4.84. The van der Waals surface area contributed by atoms with Crippen LogP contribution in [-0.2, 0) is 0 Å². The molecule has 0 atom stereocenters. The summed E-state index contributed by atoms with van der Waals surface area (Å²) >= 11 is 0. The minimum absolute atomic E-state index is 0.0568. The highest BCUT2D eigenvalue weighted by Gasteiger charge is 2.35. The van der Waals surface area contributed by atoms with Gasteiger partial charge in [0.05, 0.1) is 15.2 Å². The van der Waals surface area contributed by atoms with Crippen molar-refractivity contribution in [3.05, 3.63) is 74.8 Å². The van der Waals surface area contributed by atoms with E-state index in [1.807, 2.05) is 42.5 Å². The molecule has 0 saturated heterocycles. The van der Waals surface area contributed by atoms with Crippen LogP contribution in [0.4, 0.5) is 17.1 Å². The van der Waals surface area contributed by atoms with Gasteiger partial charge in [-0.05, 0) is 33.0 Å². The van der Waals surface area contributed by atoms with Crippen molar-refractivity contribution in [2.75, 3.05) is 5.43 Å². The van der Waals surface area contributed by atoms with Crippen LogP contribution < -0.4 is 11.3 Å². The first-order valence-electron chi connectivity index (χ1n) is 8.45. The number of nitrogens with two attached hydrogens (primary N) is 1. The molecule has 0 saturated carbocycles. The summed E-state index contributed by atoms with van der Waals surface area (Å²) < 4.78 is 0. The van der Waals surface area contributed by atoms with Gasteiger partial charge in [-0.15, -0.1) is 0 Å². The molecule has 5 aromatic carbocycles. The highest BCUT2D eigenvalue weighted by atomic mass is 16.6. The lowest BCUT2D eigenvalue weighted by molar-refractivity contribution is -0.420. The minimum atomic E-state index is -0.753. The number of nitro benzene ring substituents is 2. The number of hydrogen-bond donors (Lipinski definition) is 2. The summed E-state index contributed by atoms with van der Waals surface area (Å²) in [4.78, 5) is 22.1. The van der Waals surface area contributed by atoms with Crippen LogP contribution >= 0.6 is 0 Å². The van der Waals surface area contributed by atoms with Gasteiger partial charge in [-0.25, -0.2) is 0 Å². The largest absolute Gasteiger partial charge is 0.371 e. The van der Waals surface area contributed by atoms with Gasteiger partial charge < -0.3 is 5.43 Å². The maximum Gasteiger partial charge on any atom is 0.371 e. The van der Waals surface area contributed by atoms with E-state index in [0.29, 0.717) is 10.8 Å². The number of hydrogen-bond acceptors (Lipinski definition) is 6. The second kappa shape index (κ2) is 5.48. The molecule has 28 heavy (non-hydrogen) atoms. The maximum absolute atomic E-state index is 11.8. The average Bonchev–Trinajstić information content (AvgIpc) is 2.70. The van der Waals surface area contributed by atoms with Crippen LogP contribution in [0.25, 0.3) is 43.1 Å². The molecule has 0 heterocycles. The monoisotopic (exact) mass is 372 g/mol. The van der Waals surface area contributed by atoms with Gasteiger partial charge in [0.1, 0.15) is 5.69 Å². The number of nitrogens with zero attached hydrogens (tertiary/aromatic N) is 2. The lowest BCUT2D eigenvalue weighted by Crippen LogP contribution is -2.12. The van der Waals surface area contributed by atoms with Gasteiger partial charge in [0.2, 0.25) is 0 Å². The highest BCUT2D eigenvalue weighted by molar-refractivity contribution is 6.37. The average molecular weight is 372 g/mol. The summed E-state index contributed by atoms with van der Waals surface area (Å²) in [6.45, 7) is 0. The molecule has 0 aliphatic carbocycles. The Hall–Kier alpha value is -4.04. The van der Waals surface area contributed by atoms with E-state index in [9.17, 15) is 20.2 Å². The van der Waals surface area contributed by atoms with E-state index in [2.05, 4.69) is 5.43 Å². The second-order valence-electron chi connectivity index (χ2n) is 6.54. The molecular formula is C20H12N4O4. The Bertz CT molecular complexity index is 1460. The highest BCUT2D eigenvalue weighted by Crippen LogP contribution is 2.50. The van der Waals surface area contributed by atoms with Crippen LogP contribution in [0.2, 0.25) is 0 Å². The van der Waals surface area contributed by atoms with Gasteiger partial charge in [0.25, 0.3) is 0 Å². The molecule has 0 fully saturated rings. The van der Waals surface area contributed by atoms with E-state index in [4.69, 9.17) is 5.84 Å². The number of benzene rings is 5. The van der Waals surface area contributed by atoms with Gasteiger partial charge in [0, 0.05) is 10.8 Å². The maximum atomic E-state index is 11.8. The van der Waals surface area contributed by atoms with E-state index in [-0.39, 0.29) is 11.1 Å². The summed E-state index contributed by atoms with van der Waals surface area (Å²) in [5.41, 5.74) is 1.12. The van der Waals surface area contributed by atoms with Crippen LogP contribution in [0.1, 0.15) is 0 Å². The molecule has 5 aromatic rings. The Morgan fingerprint density at radius 2 is 1.21 bits per heavy atom. The molecule has 136 valence electrons. The quantitative estimate of drug-likeness (QED) is 0.153. The van der Waals surface area contributed by atoms with Crippen molar-refractivity contribution in [1.82, 2.24) is 0 Å². The third-order valence-corrected chi connectivity index (χ3v) is 5.25. The van der Waals surface area contributed by atoms with Crippen LogP contribution in [0.3, 0.4) is 0 Å². The second-order valence-corrected chi connectivity index (χ2v) is 6.54. The normalized spacial score (nSPS) is 11.6. The Morgan fingerprint density at radius 3 is 1.82 bits per heavy atom. The zero-order chi connectivity index (χ0) is 19.6. The van der Waals surface area contributed by atoms with Crippen LogP contribution in [0.15, 0.2) is 54.6 Å². The fourth-order valence-corrected chi connectivity index (χ4v) is 4.28. The van der Waals surface area contributed by atoms with E-state index < -0.39 is 21.2 Å². The number of nitro groups is 2. The molecule has 8 heteroatoms. The Morgan fingerprint density at radius 1 is 0.679 bits per heavy atom. The Kier molecular flexibility index (Phi) is 3.16. The molecule has 0 radical (unpaired) electrons. The summed E-state index contributed by atoms with van der Waals surface area (Å²) in [6.07, 6.45) is 0. The third kappa shape index (κ3) is 1.86. The summed E-state index contributed by atoms with van der Waals surface area (Å²) in [5.74, 6) is 5.67. The molecule has 0 spiro atoms. The molecule has 0 aromatic heterocycles. The number of anilines is 1. The lowest BCUT2D eigenvalue weighted by Gasteiger charge is -2.17. The molecule has 0 aliphatic heterocycles. The molecule has 0 amide bonds. The molecule has 0 aliphatic rings. The van der Waals surface area contributed by atoms with Crippen molar-refractivity contribution >= 4 is 60.2 Å². The first kappa shape index (κ1) is 16.2. The molecule has 0 unspecified atom stereocenters. The van der Waals surface area contributed by atoms with Crippen LogP contribution in [0, 0.1) is 20.2 Å². The first-order chi connectivity index (χ1) is 13.5. The summed E-state index contributed by atoms with van der Waals surface area (Å²) in [7, 11) is 0. The topological polar surface area (TPSA) is 124 Å². The number of nitrogens with one attached hydrogen (secondary N) is 1. The Balaban J connectivity index is 2.26. The van der Waals surface area contributed by atoms with Gasteiger partial charge in [-0.3, -0.25) is 26.1 Å². The van der Waals surface area contributed by atoms with Crippen molar-refractivity contribution in [3.8, 4) is 0 Å². The fourth-order valence-electron chi connectivity index (χ4n) is 4.28. The molecule has 3 N–H and O–H groups in total. The SMILES string of the molecule is NNc1c([N+](=O)[O-])c([N+](=O)[O-])c2cccc3c4cccc5cccc(c1c23)c54. The smallest absolute Gasteiger partial charge is 0.318 e. The van der Waals surface area contributed by atoms with Crippen molar-refractivity contribution in [1.29, 1.82) is 0 Å². The van der Waals surface area contributed by atoms with E-state index in [1.165, 1.54) is 0 Å². The number of nitrogen functional groups attached to an aromatic ring is 1. The third-order valence-electron chi connectivity index (χ3n) is 5.25. The molecule has 5 rings (SSSR count). The first-order valence-corrected chi connectivity index (χ1v) is 8.45. The van der Waals surface area contributed by atoms with Crippen molar-refractivity contribution < 1.29 is 9.85 Å². The summed E-state index contributed by atoms with van der Waals surface area (Å²) in [5, 5.41) is 29.3. The van der Waals surface area contributed by atoms with Gasteiger partial charge in [-0.2, -0.15) is 0 Å². The van der Waals surface area contributed by atoms with Crippen molar-refractivity contribution in [2.24, 2.45) is 5.84 Å². The lowest BCUT2D eigenvalue weighted by atomic mass is 9.88. The van der Waals surface area contributed by atoms with Crippen LogP contribution in [-0.4, -0.2) is 9.85 Å². The van der Waals surface area contributed by atoms with Gasteiger partial charge >= 0.3 is 11.4 Å². The Labute approximate surface area is 156 Å². The molecule has 0 bridgehead atoms. The van der Waals surface area contributed by atoms with E-state index in [0.717, 1.165) is 26.9 Å². The van der Waals surface area contributed by atoms with Crippen molar-refractivity contribution in [3.63, 3.8) is 0 Å². The standard InChI is InChI=1S/C20H12N4O4/c21-22-18-17-13-8-2-5-10-4-1-6-11(15(10)13)12-7-3-9-14(16(12)17)19(23(25)26)20(18)24(27)28/h1-9,22H,21H2. The van der Waals surface area contributed by atoms with Crippen molar-refractivity contribution in [2.45, 2.75) is 0 Å². The summed E-state index contributed by atoms with van der Waals surface area (Å²) in [6, 6.07) is 16.6. The predicted molar refractivity (Wildman–Crippen MR) is 109 cm³/mol.